The fourth-order valence-electron chi connectivity index (χ4n) is 0.860. The highest BCUT2D eigenvalue weighted by Crippen LogP contribution is 2.10. The average molecular weight is 144 g/mol. The minimum atomic E-state index is -0.716. The summed E-state index contributed by atoms with van der Waals surface area (Å²) < 4.78 is 0. The Bertz CT molecular complexity index is 125. The molecule has 0 spiro atoms. The number of allylic oxidation sites excluding steroid dienone is 1. The van der Waals surface area contributed by atoms with Crippen molar-refractivity contribution >= 4 is 0 Å². The van der Waals surface area contributed by atoms with Gasteiger partial charge in [0.05, 0.1) is 0 Å². The number of aliphatic hydroxyl groups is 2. The Morgan fingerprint density at radius 3 is 2.30 bits per heavy atom. The number of aliphatic hydroxyl groups excluding tert-OH is 2. The highest BCUT2D eigenvalue weighted by molar-refractivity contribution is 5.07. The van der Waals surface area contributed by atoms with Gasteiger partial charge < -0.3 is 10.2 Å². The lowest BCUT2D eigenvalue weighted by Crippen LogP contribution is -2.05. The van der Waals surface area contributed by atoms with Crippen molar-refractivity contribution in [3.8, 4) is 0 Å². The fourth-order valence-corrected chi connectivity index (χ4v) is 0.860. The molecule has 1 unspecified atom stereocenters. The van der Waals surface area contributed by atoms with Crippen LogP contribution in [0.25, 0.3) is 0 Å². The lowest BCUT2D eigenvalue weighted by Gasteiger charge is -2.06. The van der Waals surface area contributed by atoms with Crippen LogP contribution >= 0.6 is 0 Å². The molecule has 0 heterocycles. The zero-order valence-corrected chi connectivity index (χ0v) is 6.89. The van der Waals surface area contributed by atoms with Crippen LogP contribution in [0, 0.1) is 0 Å². The Morgan fingerprint density at radius 2 is 2.00 bits per heavy atom. The molecule has 2 nitrogen and oxygen atoms in total. The molecule has 2 N–H and O–H groups in total. The molecule has 1 atom stereocenters. The second-order valence-corrected chi connectivity index (χ2v) is 2.59. The van der Waals surface area contributed by atoms with Crippen LogP contribution in [0.15, 0.2) is 11.3 Å². The molecule has 0 aliphatic carbocycles. The molecule has 0 saturated heterocycles. The van der Waals surface area contributed by atoms with Crippen LogP contribution in [0.3, 0.4) is 0 Å². The van der Waals surface area contributed by atoms with Crippen molar-refractivity contribution in [1.82, 2.24) is 0 Å². The SMILES string of the molecule is CCC/C(C)=C(\O)C(C)O. The molecule has 0 radical (unpaired) electrons. The smallest absolute Gasteiger partial charge is 0.119 e. The summed E-state index contributed by atoms with van der Waals surface area (Å²) in [6.07, 6.45) is 1.14. The first-order valence-electron chi connectivity index (χ1n) is 3.66. The Balaban J connectivity index is 4.05. The third kappa shape index (κ3) is 2.87. The maximum atomic E-state index is 9.16. The van der Waals surface area contributed by atoms with Gasteiger partial charge in [0.15, 0.2) is 0 Å². The number of hydrogen-bond donors (Lipinski definition) is 2. The van der Waals surface area contributed by atoms with Crippen molar-refractivity contribution in [3.63, 3.8) is 0 Å². The predicted octanol–water partition coefficient (Wildman–Crippen LogP) is 2.00. The van der Waals surface area contributed by atoms with E-state index in [9.17, 15) is 0 Å². The first kappa shape index (κ1) is 9.50. The monoisotopic (exact) mass is 144 g/mol. The molecule has 0 rings (SSSR count). The van der Waals surface area contributed by atoms with Crippen molar-refractivity contribution in [3.05, 3.63) is 11.3 Å². The van der Waals surface area contributed by atoms with Crippen LogP contribution in [0.2, 0.25) is 0 Å². The van der Waals surface area contributed by atoms with E-state index in [0.717, 1.165) is 18.4 Å². The quantitative estimate of drug-likeness (QED) is 0.595. The van der Waals surface area contributed by atoms with E-state index >= 15 is 0 Å². The van der Waals surface area contributed by atoms with Crippen molar-refractivity contribution < 1.29 is 10.2 Å². The van der Waals surface area contributed by atoms with Crippen LogP contribution in [0.4, 0.5) is 0 Å². The molecule has 0 amide bonds. The maximum Gasteiger partial charge on any atom is 0.119 e. The van der Waals surface area contributed by atoms with E-state index in [1.165, 1.54) is 0 Å². The third-order valence-electron chi connectivity index (χ3n) is 1.46. The van der Waals surface area contributed by atoms with E-state index in [0.29, 0.717) is 0 Å². The average Bonchev–Trinajstić information content (AvgIpc) is 1.87. The second kappa shape index (κ2) is 4.34. The summed E-state index contributed by atoms with van der Waals surface area (Å²) in [4.78, 5) is 0. The largest absolute Gasteiger partial charge is 0.510 e. The van der Waals surface area contributed by atoms with Gasteiger partial charge >= 0.3 is 0 Å². The zero-order valence-electron chi connectivity index (χ0n) is 6.89. The van der Waals surface area contributed by atoms with Crippen molar-refractivity contribution in [1.29, 1.82) is 0 Å². The van der Waals surface area contributed by atoms with Gasteiger partial charge in [-0.3, -0.25) is 0 Å². The van der Waals surface area contributed by atoms with Gasteiger partial charge in [0.2, 0.25) is 0 Å². The molecule has 0 aromatic heterocycles. The molecule has 60 valence electrons. The van der Waals surface area contributed by atoms with Crippen molar-refractivity contribution in [2.24, 2.45) is 0 Å². The number of rotatable bonds is 3. The summed E-state index contributed by atoms with van der Waals surface area (Å²) in [5.41, 5.74) is 0.887. The first-order chi connectivity index (χ1) is 4.59. The van der Waals surface area contributed by atoms with E-state index in [2.05, 4.69) is 0 Å². The Kier molecular flexibility index (Phi) is 4.12. The van der Waals surface area contributed by atoms with Gasteiger partial charge in [-0.1, -0.05) is 13.3 Å². The molecule has 0 aromatic carbocycles. The Morgan fingerprint density at radius 1 is 1.50 bits per heavy atom. The lowest BCUT2D eigenvalue weighted by molar-refractivity contribution is 0.166. The normalized spacial score (nSPS) is 16.4. The van der Waals surface area contributed by atoms with Crippen LogP contribution in [-0.2, 0) is 0 Å². The highest BCUT2D eigenvalue weighted by Gasteiger charge is 2.04. The molecule has 0 saturated carbocycles. The van der Waals surface area contributed by atoms with Gasteiger partial charge in [-0.15, -0.1) is 0 Å². The molecular weight excluding hydrogens is 128 g/mol. The van der Waals surface area contributed by atoms with Gasteiger partial charge in [0, 0.05) is 0 Å². The van der Waals surface area contributed by atoms with E-state index in [-0.39, 0.29) is 5.76 Å². The van der Waals surface area contributed by atoms with Gasteiger partial charge in [0.25, 0.3) is 0 Å². The standard InChI is InChI=1S/C8H16O2/c1-4-5-6(2)8(10)7(3)9/h7,9-10H,4-5H2,1-3H3/b8-6-. The summed E-state index contributed by atoms with van der Waals surface area (Å²) in [5.74, 6) is 0.127. The van der Waals surface area contributed by atoms with Gasteiger partial charge in [-0.05, 0) is 25.8 Å². The topological polar surface area (TPSA) is 40.5 Å². The predicted molar refractivity (Wildman–Crippen MR) is 41.9 cm³/mol. The van der Waals surface area contributed by atoms with Crippen LogP contribution in [0.5, 0.6) is 0 Å². The summed E-state index contributed by atoms with van der Waals surface area (Å²) in [5, 5.41) is 18.1. The maximum absolute atomic E-state index is 9.16. The summed E-state index contributed by atoms with van der Waals surface area (Å²) >= 11 is 0. The molecule has 0 aromatic rings. The molecule has 10 heavy (non-hydrogen) atoms. The van der Waals surface area contributed by atoms with E-state index in [4.69, 9.17) is 10.2 Å². The number of hydrogen-bond acceptors (Lipinski definition) is 2. The highest BCUT2D eigenvalue weighted by atomic mass is 16.3. The Hall–Kier alpha value is -0.500. The summed E-state index contributed by atoms with van der Waals surface area (Å²) in [6.45, 7) is 5.44. The first-order valence-corrected chi connectivity index (χ1v) is 3.66. The second-order valence-electron chi connectivity index (χ2n) is 2.59. The summed E-state index contributed by atoms with van der Waals surface area (Å²) in [6, 6.07) is 0. The van der Waals surface area contributed by atoms with Crippen LogP contribution in [-0.4, -0.2) is 16.3 Å². The fraction of sp³-hybridized carbons (Fsp3) is 0.750. The van der Waals surface area contributed by atoms with Gasteiger partial charge in [0.1, 0.15) is 11.9 Å². The molecule has 0 bridgehead atoms. The molecule has 0 fully saturated rings. The van der Waals surface area contributed by atoms with E-state index in [1.807, 2.05) is 13.8 Å². The van der Waals surface area contributed by atoms with Crippen LogP contribution < -0.4 is 0 Å². The third-order valence-corrected chi connectivity index (χ3v) is 1.46. The van der Waals surface area contributed by atoms with Crippen molar-refractivity contribution in [2.75, 3.05) is 0 Å². The zero-order chi connectivity index (χ0) is 8.15. The Labute approximate surface area is 62.2 Å². The summed E-state index contributed by atoms with van der Waals surface area (Å²) in [7, 11) is 0. The lowest BCUT2D eigenvalue weighted by atomic mass is 10.1. The molecule has 2 heteroatoms. The molecule has 0 aliphatic rings. The minimum Gasteiger partial charge on any atom is -0.510 e. The van der Waals surface area contributed by atoms with Crippen LogP contribution in [0.1, 0.15) is 33.6 Å². The van der Waals surface area contributed by atoms with E-state index in [1.54, 1.807) is 6.92 Å². The molecular formula is C8H16O2. The van der Waals surface area contributed by atoms with E-state index < -0.39 is 6.10 Å². The van der Waals surface area contributed by atoms with Crippen molar-refractivity contribution in [2.45, 2.75) is 39.7 Å². The van der Waals surface area contributed by atoms with Gasteiger partial charge in [-0.2, -0.15) is 0 Å². The van der Waals surface area contributed by atoms with Gasteiger partial charge in [-0.25, -0.2) is 0 Å². The molecule has 0 aliphatic heterocycles. The minimum absolute atomic E-state index is 0.127.